The van der Waals surface area contributed by atoms with Crippen molar-refractivity contribution in [1.29, 1.82) is 0 Å². The zero-order valence-corrected chi connectivity index (χ0v) is 9.08. The molecule has 0 radical (unpaired) electrons. The van der Waals surface area contributed by atoms with Crippen molar-refractivity contribution in [2.45, 2.75) is 32.7 Å². The van der Waals surface area contributed by atoms with Crippen LogP contribution in [0.4, 0.5) is 0 Å². The highest BCUT2D eigenvalue weighted by molar-refractivity contribution is 5.15. The summed E-state index contributed by atoms with van der Waals surface area (Å²) in [6, 6.07) is 0. The van der Waals surface area contributed by atoms with Crippen LogP contribution in [0, 0.1) is 12.8 Å². The van der Waals surface area contributed by atoms with Crippen molar-refractivity contribution in [3.63, 3.8) is 0 Å². The van der Waals surface area contributed by atoms with Gasteiger partial charge < -0.3 is 5.32 Å². The summed E-state index contributed by atoms with van der Waals surface area (Å²) in [5, 5.41) is 7.73. The van der Waals surface area contributed by atoms with Crippen LogP contribution in [0.3, 0.4) is 0 Å². The third-order valence-corrected chi connectivity index (χ3v) is 3.31. The Morgan fingerprint density at radius 1 is 1.57 bits per heavy atom. The Morgan fingerprint density at radius 3 is 2.86 bits per heavy atom. The van der Waals surface area contributed by atoms with Gasteiger partial charge in [0, 0.05) is 24.8 Å². The first-order valence-electron chi connectivity index (χ1n) is 5.45. The van der Waals surface area contributed by atoms with E-state index in [1.807, 2.05) is 17.9 Å². The maximum absolute atomic E-state index is 4.22. The van der Waals surface area contributed by atoms with Crippen LogP contribution < -0.4 is 5.32 Å². The second kappa shape index (κ2) is 4.13. The Labute approximate surface area is 85.5 Å². The van der Waals surface area contributed by atoms with Gasteiger partial charge in [0.2, 0.25) is 0 Å². The lowest BCUT2D eigenvalue weighted by atomic mass is 9.85. The van der Waals surface area contributed by atoms with Crippen molar-refractivity contribution in [3.8, 4) is 0 Å². The van der Waals surface area contributed by atoms with Crippen LogP contribution in [0.2, 0.25) is 0 Å². The van der Waals surface area contributed by atoms with Crippen molar-refractivity contribution in [1.82, 2.24) is 15.1 Å². The lowest BCUT2D eigenvalue weighted by Crippen LogP contribution is -2.27. The van der Waals surface area contributed by atoms with Gasteiger partial charge in [-0.3, -0.25) is 4.68 Å². The highest BCUT2D eigenvalue weighted by Crippen LogP contribution is 2.25. The van der Waals surface area contributed by atoms with E-state index in [1.54, 1.807) is 0 Å². The Balaban J connectivity index is 1.76. The molecule has 1 aliphatic carbocycles. The maximum Gasteiger partial charge on any atom is 0.0537 e. The standard InChI is InChI=1S/C11H19N3/c1-9-11(8-13-14(9)2)7-12-6-10-4-3-5-10/h8,10,12H,3-7H2,1-2H3. The maximum atomic E-state index is 4.22. The van der Waals surface area contributed by atoms with E-state index in [-0.39, 0.29) is 0 Å². The SMILES string of the molecule is Cc1c(CNCC2CCC2)cnn1C. The van der Waals surface area contributed by atoms with E-state index in [9.17, 15) is 0 Å². The Bertz CT molecular complexity index is 299. The van der Waals surface area contributed by atoms with Gasteiger partial charge in [-0.2, -0.15) is 5.10 Å². The molecule has 0 spiro atoms. The van der Waals surface area contributed by atoms with Crippen LogP contribution in [0.25, 0.3) is 0 Å². The number of rotatable bonds is 4. The lowest BCUT2D eigenvalue weighted by molar-refractivity contribution is 0.301. The first-order valence-corrected chi connectivity index (χ1v) is 5.45. The van der Waals surface area contributed by atoms with Gasteiger partial charge in [-0.25, -0.2) is 0 Å². The van der Waals surface area contributed by atoms with E-state index >= 15 is 0 Å². The molecule has 78 valence electrons. The Hall–Kier alpha value is -0.830. The number of nitrogens with zero attached hydrogens (tertiary/aromatic N) is 2. The van der Waals surface area contributed by atoms with Gasteiger partial charge in [-0.1, -0.05) is 6.42 Å². The predicted molar refractivity (Wildman–Crippen MR) is 57.0 cm³/mol. The number of hydrogen-bond donors (Lipinski definition) is 1. The fourth-order valence-electron chi connectivity index (χ4n) is 1.83. The van der Waals surface area contributed by atoms with Crippen LogP contribution in [0.1, 0.15) is 30.5 Å². The molecule has 1 saturated carbocycles. The third-order valence-electron chi connectivity index (χ3n) is 3.31. The number of hydrogen-bond acceptors (Lipinski definition) is 2. The van der Waals surface area contributed by atoms with E-state index in [0.29, 0.717) is 0 Å². The van der Waals surface area contributed by atoms with Crippen molar-refractivity contribution in [2.24, 2.45) is 13.0 Å². The highest BCUT2D eigenvalue weighted by Gasteiger charge is 2.16. The molecule has 14 heavy (non-hydrogen) atoms. The van der Waals surface area contributed by atoms with Gasteiger partial charge in [0.1, 0.15) is 0 Å². The third kappa shape index (κ3) is 1.98. The first-order chi connectivity index (χ1) is 6.77. The molecule has 0 amide bonds. The van der Waals surface area contributed by atoms with Crippen LogP contribution in [-0.2, 0) is 13.6 Å². The molecule has 0 unspecified atom stereocenters. The molecule has 1 aromatic heterocycles. The quantitative estimate of drug-likeness (QED) is 0.787. The van der Waals surface area contributed by atoms with Crippen LogP contribution in [0.5, 0.6) is 0 Å². The first kappa shape index (κ1) is 9.71. The molecular weight excluding hydrogens is 174 g/mol. The van der Waals surface area contributed by atoms with Crippen molar-refractivity contribution in [3.05, 3.63) is 17.5 Å². The molecule has 1 heterocycles. The summed E-state index contributed by atoms with van der Waals surface area (Å²) in [5.74, 6) is 0.937. The molecule has 1 aromatic rings. The predicted octanol–water partition coefficient (Wildman–Crippen LogP) is 1.62. The van der Waals surface area contributed by atoms with Crippen molar-refractivity contribution >= 4 is 0 Å². The zero-order chi connectivity index (χ0) is 9.97. The van der Waals surface area contributed by atoms with E-state index < -0.39 is 0 Å². The molecule has 1 N–H and O–H groups in total. The van der Waals surface area contributed by atoms with E-state index in [2.05, 4.69) is 17.3 Å². The number of aromatic nitrogens is 2. The zero-order valence-electron chi connectivity index (χ0n) is 9.08. The molecule has 2 rings (SSSR count). The molecule has 0 aromatic carbocycles. The molecule has 0 atom stereocenters. The minimum absolute atomic E-state index is 0.937. The molecule has 3 heteroatoms. The summed E-state index contributed by atoms with van der Waals surface area (Å²) in [6.45, 7) is 4.26. The summed E-state index contributed by atoms with van der Waals surface area (Å²) in [5.41, 5.74) is 2.60. The summed E-state index contributed by atoms with van der Waals surface area (Å²) < 4.78 is 1.93. The molecule has 0 saturated heterocycles. The fraction of sp³-hybridized carbons (Fsp3) is 0.727. The summed E-state index contributed by atoms with van der Waals surface area (Å²) in [7, 11) is 1.99. The van der Waals surface area contributed by atoms with E-state index in [4.69, 9.17) is 0 Å². The van der Waals surface area contributed by atoms with Gasteiger partial charge >= 0.3 is 0 Å². The van der Waals surface area contributed by atoms with Crippen molar-refractivity contribution < 1.29 is 0 Å². The molecule has 0 bridgehead atoms. The van der Waals surface area contributed by atoms with Gasteiger partial charge in [0.05, 0.1) is 6.20 Å². The highest BCUT2D eigenvalue weighted by atomic mass is 15.3. The van der Waals surface area contributed by atoms with Gasteiger partial charge in [-0.15, -0.1) is 0 Å². The van der Waals surface area contributed by atoms with Gasteiger partial charge in [0.25, 0.3) is 0 Å². The smallest absolute Gasteiger partial charge is 0.0537 e. The molecule has 1 aliphatic rings. The van der Waals surface area contributed by atoms with Gasteiger partial charge in [0.15, 0.2) is 0 Å². The summed E-state index contributed by atoms with van der Waals surface area (Å²) in [6.07, 6.45) is 6.22. The van der Waals surface area contributed by atoms with Crippen LogP contribution >= 0.6 is 0 Å². The Morgan fingerprint density at radius 2 is 2.36 bits per heavy atom. The molecule has 1 fully saturated rings. The minimum atomic E-state index is 0.937. The number of aryl methyl sites for hydroxylation is 1. The summed E-state index contributed by atoms with van der Waals surface area (Å²) >= 11 is 0. The topological polar surface area (TPSA) is 29.9 Å². The van der Waals surface area contributed by atoms with Crippen LogP contribution in [0.15, 0.2) is 6.20 Å². The monoisotopic (exact) mass is 193 g/mol. The van der Waals surface area contributed by atoms with Gasteiger partial charge in [-0.05, 0) is 32.2 Å². The molecular formula is C11H19N3. The second-order valence-electron chi connectivity index (χ2n) is 4.31. The average Bonchev–Trinajstić information content (AvgIpc) is 2.40. The summed E-state index contributed by atoms with van der Waals surface area (Å²) in [4.78, 5) is 0. The largest absolute Gasteiger partial charge is 0.312 e. The fourth-order valence-corrected chi connectivity index (χ4v) is 1.83. The second-order valence-corrected chi connectivity index (χ2v) is 4.31. The van der Waals surface area contributed by atoms with Crippen LogP contribution in [-0.4, -0.2) is 16.3 Å². The average molecular weight is 193 g/mol. The normalized spacial score (nSPS) is 17.0. The van der Waals surface area contributed by atoms with E-state index in [1.165, 1.54) is 37.1 Å². The minimum Gasteiger partial charge on any atom is -0.312 e. The number of nitrogens with one attached hydrogen (secondary N) is 1. The lowest BCUT2D eigenvalue weighted by Gasteiger charge is -2.25. The molecule has 0 aliphatic heterocycles. The Kier molecular flexibility index (Phi) is 2.87. The molecule has 3 nitrogen and oxygen atoms in total. The van der Waals surface area contributed by atoms with Crippen molar-refractivity contribution in [2.75, 3.05) is 6.54 Å². The van der Waals surface area contributed by atoms with E-state index in [0.717, 1.165) is 12.5 Å².